The lowest BCUT2D eigenvalue weighted by molar-refractivity contribution is 0.158. The Bertz CT molecular complexity index is 105. The summed E-state index contributed by atoms with van der Waals surface area (Å²) in [6.07, 6.45) is 2.50. The molecule has 64 valence electrons. The van der Waals surface area contributed by atoms with Crippen LogP contribution in [0.4, 0.5) is 0 Å². The predicted molar refractivity (Wildman–Crippen MR) is 44.0 cm³/mol. The zero-order chi connectivity index (χ0) is 7.57. The van der Waals surface area contributed by atoms with Crippen molar-refractivity contribution in [3.8, 4) is 0 Å². The summed E-state index contributed by atoms with van der Waals surface area (Å²) < 4.78 is 0. The Balaban J connectivity index is 1.94. The summed E-state index contributed by atoms with van der Waals surface area (Å²) in [6, 6.07) is 0. The second kappa shape index (κ2) is 3.06. The highest BCUT2D eigenvalue weighted by Gasteiger charge is 2.32. The van der Waals surface area contributed by atoms with Gasteiger partial charge in [0.25, 0.3) is 0 Å². The summed E-state index contributed by atoms with van der Waals surface area (Å²) in [5, 5.41) is 13.5. The smallest absolute Gasteiger partial charge is 0.0835 e. The molecular formula is C7H16N4. The van der Waals surface area contributed by atoms with Gasteiger partial charge in [-0.3, -0.25) is 16.0 Å². The van der Waals surface area contributed by atoms with Crippen molar-refractivity contribution >= 4 is 0 Å². The summed E-state index contributed by atoms with van der Waals surface area (Å²) >= 11 is 0. The van der Waals surface area contributed by atoms with Crippen molar-refractivity contribution < 1.29 is 0 Å². The van der Waals surface area contributed by atoms with Gasteiger partial charge in [-0.15, -0.1) is 0 Å². The first-order valence-electron chi connectivity index (χ1n) is 4.33. The Morgan fingerprint density at radius 3 is 2.45 bits per heavy atom. The van der Waals surface area contributed by atoms with Gasteiger partial charge in [-0.25, -0.2) is 0 Å². The minimum atomic E-state index is 0.184. The van der Waals surface area contributed by atoms with Gasteiger partial charge in [-0.1, -0.05) is 0 Å². The Morgan fingerprint density at radius 2 is 1.82 bits per heavy atom. The molecule has 1 spiro atoms. The Kier molecular flexibility index (Phi) is 2.09. The van der Waals surface area contributed by atoms with Crippen LogP contribution in [-0.2, 0) is 0 Å². The molecule has 4 heteroatoms. The molecule has 2 fully saturated rings. The van der Waals surface area contributed by atoms with Crippen molar-refractivity contribution in [2.45, 2.75) is 18.5 Å². The Morgan fingerprint density at radius 1 is 1.00 bits per heavy atom. The quantitative estimate of drug-likeness (QED) is 0.354. The van der Waals surface area contributed by atoms with Crippen LogP contribution < -0.4 is 21.3 Å². The van der Waals surface area contributed by atoms with E-state index in [4.69, 9.17) is 0 Å². The molecule has 0 aromatic heterocycles. The van der Waals surface area contributed by atoms with Crippen LogP contribution in [0, 0.1) is 0 Å². The van der Waals surface area contributed by atoms with E-state index in [9.17, 15) is 0 Å². The van der Waals surface area contributed by atoms with Crippen LogP contribution in [0.5, 0.6) is 0 Å². The van der Waals surface area contributed by atoms with E-state index in [1.807, 2.05) is 0 Å². The Labute approximate surface area is 67.1 Å². The molecule has 0 amide bonds. The summed E-state index contributed by atoms with van der Waals surface area (Å²) in [5.41, 5.74) is 0.184. The fourth-order valence-electron chi connectivity index (χ4n) is 1.80. The molecule has 0 saturated carbocycles. The molecule has 2 aliphatic rings. The Hall–Kier alpha value is -0.160. The molecular weight excluding hydrogens is 140 g/mol. The molecule has 2 saturated heterocycles. The van der Waals surface area contributed by atoms with E-state index in [0.717, 1.165) is 19.9 Å². The van der Waals surface area contributed by atoms with Crippen molar-refractivity contribution in [3.05, 3.63) is 0 Å². The predicted octanol–water partition coefficient (Wildman–Crippen LogP) is -1.24. The first kappa shape index (κ1) is 7.49. The first-order chi connectivity index (χ1) is 5.41. The van der Waals surface area contributed by atoms with Crippen LogP contribution in [0.2, 0.25) is 0 Å². The highest BCUT2D eigenvalue weighted by Crippen LogP contribution is 2.12. The number of nitrogens with one attached hydrogen (secondary N) is 4. The second-order valence-corrected chi connectivity index (χ2v) is 3.32. The number of hydrogen-bond donors (Lipinski definition) is 4. The molecule has 2 heterocycles. The average Bonchev–Trinajstić information content (AvgIpc) is 2.07. The average molecular weight is 156 g/mol. The maximum Gasteiger partial charge on any atom is 0.0835 e. The van der Waals surface area contributed by atoms with Crippen LogP contribution in [0.15, 0.2) is 0 Å². The fraction of sp³-hybridized carbons (Fsp3) is 1.00. The minimum Gasteiger partial charge on any atom is -0.314 e. The van der Waals surface area contributed by atoms with Crippen LogP contribution in [0.3, 0.4) is 0 Å². The third-order valence-electron chi connectivity index (χ3n) is 2.49. The number of hydrogen-bond acceptors (Lipinski definition) is 4. The van der Waals surface area contributed by atoms with E-state index in [1.54, 1.807) is 0 Å². The summed E-state index contributed by atoms with van der Waals surface area (Å²) in [6.45, 7) is 4.07. The highest BCUT2D eigenvalue weighted by molar-refractivity contribution is 4.92. The monoisotopic (exact) mass is 156 g/mol. The lowest BCUT2D eigenvalue weighted by atomic mass is 9.99. The maximum atomic E-state index is 3.45. The van der Waals surface area contributed by atoms with Crippen LogP contribution >= 0.6 is 0 Å². The number of rotatable bonds is 0. The van der Waals surface area contributed by atoms with Gasteiger partial charge in [0.1, 0.15) is 0 Å². The van der Waals surface area contributed by atoms with Crippen LogP contribution in [-0.4, -0.2) is 32.1 Å². The van der Waals surface area contributed by atoms with Crippen molar-refractivity contribution in [2.75, 3.05) is 26.4 Å². The van der Waals surface area contributed by atoms with Gasteiger partial charge in [0.15, 0.2) is 0 Å². The molecule has 0 aromatic carbocycles. The van der Waals surface area contributed by atoms with Crippen LogP contribution in [0.1, 0.15) is 12.8 Å². The molecule has 11 heavy (non-hydrogen) atoms. The van der Waals surface area contributed by atoms with Gasteiger partial charge in [0.05, 0.1) is 5.66 Å². The van der Waals surface area contributed by atoms with E-state index in [2.05, 4.69) is 21.3 Å². The summed E-state index contributed by atoms with van der Waals surface area (Å²) in [7, 11) is 0. The maximum absolute atomic E-state index is 3.45. The van der Waals surface area contributed by atoms with Crippen molar-refractivity contribution in [1.82, 2.24) is 21.3 Å². The lowest BCUT2D eigenvalue weighted by Gasteiger charge is -2.42. The van der Waals surface area contributed by atoms with E-state index in [-0.39, 0.29) is 5.66 Å². The molecule has 0 radical (unpaired) electrons. The van der Waals surface area contributed by atoms with E-state index >= 15 is 0 Å². The summed E-state index contributed by atoms with van der Waals surface area (Å²) in [4.78, 5) is 0. The second-order valence-electron chi connectivity index (χ2n) is 3.32. The molecule has 2 aliphatic heterocycles. The lowest BCUT2D eigenvalue weighted by Crippen LogP contribution is -2.71. The van der Waals surface area contributed by atoms with Crippen molar-refractivity contribution in [3.63, 3.8) is 0 Å². The third kappa shape index (κ3) is 1.54. The minimum absolute atomic E-state index is 0.184. The van der Waals surface area contributed by atoms with E-state index in [0.29, 0.717) is 0 Å². The molecule has 0 atom stereocenters. The molecule has 0 aliphatic carbocycles. The largest absolute Gasteiger partial charge is 0.314 e. The highest BCUT2D eigenvalue weighted by atomic mass is 15.3. The SMILES string of the molecule is C1CNCC2(C1)NCNCN2. The first-order valence-corrected chi connectivity index (χ1v) is 4.33. The van der Waals surface area contributed by atoms with E-state index < -0.39 is 0 Å². The van der Waals surface area contributed by atoms with Crippen molar-refractivity contribution in [1.29, 1.82) is 0 Å². The van der Waals surface area contributed by atoms with Crippen LogP contribution in [0.25, 0.3) is 0 Å². The van der Waals surface area contributed by atoms with Gasteiger partial charge in [0.2, 0.25) is 0 Å². The number of piperidine rings is 1. The third-order valence-corrected chi connectivity index (χ3v) is 2.49. The standard InChI is InChI=1S/C7H16N4/c1-2-7(4-8-3-1)10-5-9-6-11-7/h8-11H,1-6H2. The van der Waals surface area contributed by atoms with Gasteiger partial charge < -0.3 is 5.32 Å². The van der Waals surface area contributed by atoms with Gasteiger partial charge in [0, 0.05) is 19.9 Å². The van der Waals surface area contributed by atoms with E-state index in [1.165, 1.54) is 19.4 Å². The van der Waals surface area contributed by atoms with Crippen molar-refractivity contribution in [2.24, 2.45) is 0 Å². The topological polar surface area (TPSA) is 48.1 Å². The van der Waals surface area contributed by atoms with Gasteiger partial charge in [-0.05, 0) is 19.4 Å². The normalized spacial score (nSPS) is 30.5. The zero-order valence-electron chi connectivity index (χ0n) is 6.74. The molecule has 0 bridgehead atoms. The molecule has 0 aromatic rings. The molecule has 4 N–H and O–H groups in total. The molecule has 0 unspecified atom stereocenters. The molecule has 4 nitrogen and oxygen atoms in total. The summed E-state index contributed by atoms with van der Waals surface area (Å²) in [5.74, 6) is 0. The van der Waals surface area contributed by atoms with Gasteiger partial charge >= 0.3 is 0 Å². The molecule has 2 rings (SSSR count). The van der Waals surface area contributed by atoms with Gasteiger partial charge in [-0.2, -0.15) is 0 Å². The fourth-order valence-corrected chi connectivity index (χ4v) is 1.80. The zero-order valence-corrected chi connectivity index (χ0v) is 6.74.